The van der Waals surface area contributed by atoms with Crippen molar-refractivity contribution in [2.24, 2.45) is 0 Å². The zero-order valence-electron chi connectivity index (χ0n) is 19.7. The molecule has 13 heteroatoms. The summed E-state index contributed by atoms with van der Waals surface area (Å²) in [6, 6.07) is 14.5. The third-order valence-electron chi connectivity index (χ3n) is 5.61. The van der Waals surface area contributed by atoms with Crippen molar-refractivity contribution in [1.82, 2.24) is 20.2 Å². The van der Waals surface area contributed by atoms with Gasteiger partial charge in [0.25, 0.3) is 15.9 Å². The second-order valence-electron chi connectivity index (χ2n) is 8.07. The average Bonchev–Trinajstić information content (AvgIpc) is 2.93. The van der Waals surface area contributed by atoms with Gasteiger partial charge >= 0.3 is 5.97 Å². The van der Waals surface area contributed by atoms with E-state index >= 15 is 0 Å². The summed E-state index contributed by atoms with van der Waals surface area (Å²) in [5, 5.41) is 2.87. The van der Waals surface area contributed by atoms with E-state index in [9.17, 15) is 18.0 Å². The Morgan fingerprint density at radius 3 is 2.30 bits per heavy atom. The minimum Gasteiger partial charge on any atom is -0.368 e. The molecule has 0 aliphatic carbocycles. The lowest BCUT2D eigenvalue weighted by molar-refractivity contribution is -0.146. The van der Waals surface area contributed by atoms with Crippen molar-refractivity contribution in [1.29, 1.82) is 0 Å². The van der Waals surface area contributed by atoms with Gasteiger partial charge in [-0.2, -0.15) is 0 Å². The first-order chi connectivity index (χ1) is 17.8. The van der Waals surface area contributed by atoms with Gasteiger partial charge in [0, 0.05) is 50.8 Å². The fourth-order valence-corrected chi connectivity index (χ4v) is 4.75. The third kappa shape index (κ3) is 6.94. The maximum absolute atomic E-state index is 12.5. The van der Waals surface area contributed by atoms with Crippen LogP contribution in [0.1, 0.15) is 16.8 Å². The first-order valence-electron chi connectivity index (χ1n) is 11.4. The lowest BCUT2D eigenvalue weighted by Gasteiger charge is -2.36. The van der Waals surface area contributed by atoms with Crippen LogP contribution in [0, 0.1) is 0 Å². The Morgan fingerprint density at radius 2 is 1.62 bits per heavy atom. The molecule has 1 aliphatic rings. The predicted octanol–water partition coefficient (Wildman–Crippen LogP) is 2.01. The Kier molecular flexibility index (Phi) is 8.54. The first kappa shape index (κ1) is 26.3. The summed E-state index contributed by atoms with van der Waals surface area (Å²) < 4.78 is 24.2. The van der Waals surface area contributed by atoms with Gasteiger partial charge in [0.15, 0.2) is 0 Å². The van der Waals surface area contributed by atoms with Gasteiger partial charge in [-0.25, -0.2) is 18.4 Å². The molecule has 0 atom stereocenters. The van der Waals surface area contributed by atoms with Crippen LogP contribution < -0.4 is 20.0 Å². The molecule has 0 radical (unpaired) electrons. The van der Waals surface area contributed by atoms with Crippen molar-refractivity contribution in [3.05, 3.63) is 77.6 Å². The summed E-state index contributed by atoms with van der Waals surface area (Å²) in [5.41, 5.74) is 1.16. The normalized spacial score (nSPS) is 13.8. The van der Waals surface area contributed by atoms with E-state index in [1.807, 2.05) is 6.07 Å². The number of rotatable bonds is 9. The maximum Gasteiger partial charge on any atom is 0.327 e. The summed E-state index contributed by atoms with van der Waals surface area (Å²) in [6.07, 6.45) is 3.19. The Morgan fingerprint density at radius 1 is 0.946 bits per heavy atom. The highest BCUT2D eigenvalue weighted by Gasteiger charge is 2.21. The highest BCUT2D eigenvalue weighted by molar-refractivity contribution is 7.89. The molecule has 1 saturated heterocycles. The Labute approximate surface area is 219 Å². The molecule has 2 heterocycles. The molecule has 3 aromatic rings. The minimum atomic E-state index is -3.99. The van der Waals surface area contributed by atoms with E-state index in [1.54, 1.807) is 53.7 Å². The highest BCUT2D eigenvalue weighted by atomic mass is 35.5. The van der Waals surface area contributed by atoms with Crippen molar-refractivity contribution in [2.45, 2.75) is 11.3 Å². The SMILES string of the molecule is O=C(CCNC(=O)c1ccc(N2CCN(c3ncccn3)CC2)cc1Cl)ONS(=O)(=O)c1ccccc1. The van der Waals surface area contributed by atoms with Gasteiger partial charge in [0.05, 0.1) is 21.9 Å². The highest BCUT2D eigenvalue weighted by Crippen LogP contribution is 2.25. The molecule has 194 valence electrons. The molecule has 0 saturated carbocycles. The van der Waals surface area contributed by atoms with E-state index in [4.69, 9.17) is 11.6 Å². The van der Waals surface area contributed by atoms with Crippen LogP contribution in [-0.4, -0.2) is 63.0 Å². The van der Waals surface area contributed by atoms with Crippen molar-refractivity contribution in [3.8, 4) is 0 Å². The van der Waals surface area contributed by atoms with Crippen LogP contribution in [0.25, 0.3) is 0 Å². The fraction of sp³-hybridized carbons (Fsp3) is 0.250. The molecule has 1 aliphatic heterocycles. The zero-order valence-corrected chi connectivity index (χ0v) is 21.3. The Hall–Kier alpha value is -3.74. The van der Waals surface area contributed by atoms with Crippen LogP contribution in [-0.2, 0) is 19.7 Å². The molecular formula is C24H25ClN6O5S. The van der Waals surface area contributed by atoms with Crippen molar-refractivity contribution in [2.75, 3.05) is 42.5 Å². The molecule has 37 heavy (non-hydrogen) atoms. The number of anilines is 2. The number of halogens is 1. The van der Waals surface area contributed by atoms with Gasteiger partial charge in [-0.3, -0.25) is 9.59 Å². The maximum atomic E-state index is 12.5. The third-order valence-corrected chi connectivity index (χ3v) is 7.12. The molecule has 0 spiro atoms. The second kappa shape index (κ2) is 12.0. The summed E-state index contributed by atoms with van der Waals surface area (Å²) in [7, 11) is -3.99. The van der Waals surface area contributed by atoms with E-state index < -0.39 is 21.9 Å². The van der Waals surface area contributed by atoms with E-state index in [-0.39, 0.29) is 28.4 Å². The lowest BCUT2D eigenvalue weighted by atomic mass is 10.1. The van der Waals surface area contributed by atoms with E-state index in [0.717, 1.165) is 31.9 Å². The summed E-state index contributed by atoms with van der Waals surface area (Å²) >= 11 is 6.38. The van der Waals surface area contributed by atoms with Gasteiger partial charge in [-0.1, -0.05) is 29.8 Å². The number of carbonyl (C=O) groups excluding carboxylic acids is 2. The van der Waals surface area contributed by atoms with Crippen LogP contribution in [0.3, 0.4) is 0 Å². The average molecular weight is 545 g/mol. The van der Waals surface area contributed by atoms with E-state index in [0.29, 0.717) is 5.95 Å². The predicted molar refractivity (Wildman–Crippen MR) is 138 cm³/mol. The van der Waals surface area contributed by atoms with Crippen LogP contribution in [0.15, 0.2) is 71.9 Å². The number of piperazine rings is 1. The van der Waals surface area contributed by atoms with Crippen molar-refractivity contribution >= 4 is 45.1 Å². The number of hydrogen-bond acceptors (Lipinski definition) is 9. The summed E-state index contributed by atoms with van der Waals surface area (Å²) in [6.45, 7) is 2.93. The largest absolute Gasteiger partial charge is 0.368 e. The first-order valence-corrected chi connectivity index (χ1v) is 13.3. The van der Waals surface area contributed by atoms with Crippen LogP contribution in [0.4, 0.5) is 11.6 Å². The Bertz CT molecular complexity index is 1340. The van der Waals surface area contributed by atoms with Gasteiger partial charge in [-0.15, -0.1) is 0 Å². The molecule has 1 fully saturated rings. The molecule has 4 rings (SSSR count). The number of nitrogens with zero attached hydrogens (tertiary/aromatic N) is 4. The molecular weight excluding hydrogens is 520 g/mol. The van der Waals surface area contributed by atoms with Gasteiger partial charge in [-0.05, 0) is 41.3 Å². The standard InChI is InChI=1S/C24H25ClN6O5S/c25-21-17-18(30-13-15-31(16-14-30)24-27-10-4-11-28-24)7-8-20(21)23(33)26-12-9-22(32)36-29-37(34,35)19-5-2-1-3-6-19/h1-8,10-11,17,29H,9,12-16H2,(H,26,33). The quantitative estimate of drug-likeness (QED) is 0.388. The molecule has 1 amide bonds. The topological polar surface area (TPSA) is 134 Å². The number of aromatic nitrogens is 2. The lowest BCUT2D eigenvalue weighted by Crippen LogP contribution is -2.47. The minimum absolute atomic E-state index is 0.0405. The molecule has 0 unspecified atom stereocenters. The van der Waals surface area contributed by atoms with Crippen molar-refractivity contribution < 1.29 is 22.8 Å². The van der Waals surface area contributed by atoms with Crippen LogP contribution in [0.5, 0.6) is 0 Å². The summed E-state index contributed by atoms with van der Waals surface area (Å²) in [5.74, 6) is -0.605. The number of benzene rings is 2. The monoisotopic (exact) mass is 544 g/mol. The fourth-order valence-electron chi connectivity index (χ4n) is 3.68. The molecule has 11 nitrogen and oxygen atoms in total. The number of carbonyl (C=O) groups is 2. The molecule has 2 N–H and O–H groups in total. The summed E-state index contributed by atoms with van der Waals surface area (Å²) in [4.78, 5) is 43.6. The number of hydrogen-bond donors (Lipinski definition) is 2. The number of nitrogens with one attached hydrogen (secondary N) is 2. The number of amides is 1. The Balaban J connectivity index is 1.23. The van der Waals surface area contributed by atoms with Crippen molar-refractivity contribution in [3.63, 3.8) is 0 Å². The molecule has 1 aromatic heterocycles. The zero-order chi connectivity index (χ0) is 26.3. The number of sulfonamides is 1. The van der Waals surface area contributed by atoms with E-state index in [2.05, 4.69) is 29.9 Å². The smallest absolute Gasteiger partial charge is 0.327 e. The van der Waals surface area contributed by atoms with E-state index in [1.165, 1.54) is 12.1 Å². The van der Waals surface area contributed by atoms with Gasteiger partial charge in [0.1, 0.15) is 0 Å². The van der Waals surface area contributed by atoms with Crippen LogP contribution in [0.2, 0.25) is 5.02 Å². The van der Waals surface area contributed by atoms with Gasteiger partial charge < -0.3 is 20.0 Å². The molecule has 0 bridgehead atoms. The van der Waals surface area contributed by atoms with Crippen LogP contribution >= 0.6 is 11.6 Å². The molecule has 2 aromatic carbocycles. The second-order valence-corrected chi connectivity index (χ2v) is 10.1. The van der Waals surface area contributed by atoms with Gasteiger partial charge in [0.2, 0.25) is 5.95 Å².